The van der Waals surface area contributed by atoms with E-state index in [9.17, 15) is 8.78 Å². The Bertz CT molecular complexity index is 599. The monoisotopic (exact) mass is 341 g/mol. The SMILES string of the molecule is COc1ccc(CC(N)c2c(F)cccc2F)cc1Br. The Morgan fingerprint density at radius 2 is 1.85 bits per heavy atom. The second-order valence-electron chi connectivity index (χ2n) is 4.41. The standard InChI is InChI=1S/C15H14BrF2NO/c1-20-14-6-5-9(7-10(14)16)8-13(19)15-11(17)3-2-4-12(15)18/h2-7,13H,8,19H2,1H3. The summed E-state index contributed by atoms with van der Waals surface area (Å²) in [5, 5.41) is 0. The van der Waals surface area contributed by atoms with Crippen LogP contribution in [0.3, 0.4) is 0 Å². The molecule has 2 aromatic carbocycles. The van der Waals surface area contributed by atoms with Crippen LogP contribution in [0.4, 0.5) is 8.78 Å². The zero-order valence-corrected chi connectivity index (χ0v) is 12.5. The van der Waals surface area contributed by atoms with Crippen molar-refractivity contribution in [2.24, 2.45) is 5.73 Å². The number of rotatable bonds is 4. The lowest BCUT2D eigenvalue weighted by atomic mass is 9.98. The Kier molecular flexibility index (Phi) is 4.73. The summed E-state index contributed by atoms with van der Waals surface area (Å²) in [4.78, 5) is 0. The third-order valence-corrected chi connectivity index (χ3v) is 3.66. The number of methoxy groups -OCH3 is 1. The zero-order valence-electron chi connectivity index (χ0n) is 10.9. The van der Waals surface area contributed by atoms with Crippen LogP contribution in [0, 0.1) is 11.6 Å². The number of ether oxygens (including phenoxy) is 1. The molecular formula is C15H14BrF2NO. The Morgan fingerprint density at radius 1 is 1.20 bits per heavy atom. The van der Waals surface area contributed by atoms with Gasteiger partial charge >= 0.3 is 0 Å². The van der Waals surface area contributed by atoms with E-state index >= 15 is 0 Å². The van der Waals surface area contributed by atoms with Crippen molar-refractivity contribution in [1.29, 1.82) is 0 Å². The second-order valence-corrected chi connectivity index (χ2v) is 5.27. The molecule has 0 heterocycles. The van der Waals surface area contributed by atoms with E-state index in [-0.39, 0.29) is 5.56 Å². The van der Waals surface area contributed by atoms with Gasteiger partial charge in [0.05, 0.1) is 11.6 Å². The third-order valence-electron chi connectivity index (χ3n) is 3.04. The molecule has 2 rings (SSSR count). The fraction of sp³-hybridized carbons (Fsp3) is 0.200. The van der Waals surface area contributed by atoms with Crippen molar-refractivity contribution >= 4 is 15.9 Å². The maximum Gasteiger partial charge on any atom is 0.133 e. The molecule has 106 valence electrons. The smallest absolute Gasteiger partial charge is 0.133 e. The van der Waals surface area contributed by atoms with Gasteiger partial charge in [0.2, 0.25) is 0 Å². The molecule has 0 radical (unpaired) electrons. The third kappa shape index (κ3) is 3.16. The Balaban J connectivity index is 2.23. The maximum atomic E-state index is 13.7. The number of halogens is 3. The second kappa shape index (κ2) is 6.33. The zero-order chi connectivity index (χ0) is 14.7. The molecule has 1 unspecified atom stereocenters. The van der Waals surface area contributed by atoms with Crippen LogP contribution >= 0.6 is 15.9 Å². The number of benzene rings is 2. The first-order valence-electron chi connectivity index (χ1n) is 6.05. The molecule has 20 heavy (non-hydrogen) atoms. The van der Waals surface area contributed by atoms with E-state index in [1.54, 1.807) is 13.2 Å². The molecule has 0 spiro atoms. The largest absolute Gasteiger partial charge is 0.496 e. The highest BCUT2D eigenvalue weighted by atomic mass is 79.9. The highest BCUT2D eigenvalue weighted by molar-refractivity contribution is 9.10. The molecule has 2 nitrogen and oxygen atoms in total. The molecule has 1 atom stereocenters. The average molecular weight is 342 g/mol. The average Bonchev–Trinajstić information content (AvgIpc) is 2.38. The molecule has 0 aliphatic heterocycles. The van der Waals surface area contributed by atoms with Crippen molar-refractivity contribution in [2.45, 2.75) is 12.5 Å². The highest BCUT2D eigenvalue weighted by Gasteiger charge is 2.17. The van der Waals surface area contributed by atoms with Crippen molar-refractivity contribution in [3.05, 3.63) is 63.6 Å². The molecular weight excluding hydrogens is 328 g/mol. The molecule has 5 heteroatoms. The van der Waals surface area contributed by atoms with Crippen LogP contribution in [0.15, 0.2) is 40.9 Å². The quantitative estimate of drug-likeness (QED) is 0.912. The van der Waals surface area contributed by atoms with Crippen molar-refractivity contribution < 1.29 is 13.5 Å². The number of hydrogen-bond donors (Lipinski definition) is 1. The van der Waals surface area contributed by atoms with Crippen LogP contribution in [0.5, 0.6) is 5.75 Å². The van der Waals surface area contributed by atoms with E-state index in [0.29, 0.717) is 12.2 Å². The van der Waals surface area contributed by atoms with Crippen LogP contribution in [0.2, 0.25) is 0 Å². The van der Waals surface area contributed by atoms with Crippen LogP contribution in [0.25, 0.3) is 0 Å². The van der Waals surface area contributed by atoms with Crippen LogP contribution in [-0.4, -0.2) is 7.11 Å². The van der Waals surface area contributed by atoms with E-state index in [0.717, 1.165) is 10.0 Å². The van der Waals surface area contributed by atoms with Gasteiger partial charge in [0, 0.05) is 11.6 Å². The summed E-state index contributed by atoms with van der Waals surface area (Å²) in [5.74, 6) is -0.547. The highest BCUT2D eigenvalue weighted by Crippen LogP contribution is 2.28. The minimum absolute atomic E-state index is 0.0839. The summed E-state index contributed by atoms with van der Waals surface area (Å²) >= 11 is 3.37. The lowest BCUT2D eigenvalue weighted by Crippen LogP contribution is -2.17. The van der Waals surface area contributed by atoms with E-state index < -0.39 is 17.7 Å². The van der Waals surface area contributed by atoms with Crippen LogP contribution < -0.4 is 10.5 Å². The first-order chi connectivity index (χ1) is 9.52. The molecule has 0 aliphatic carbocycles. The molecule has 0 bridgehead atoms. The van der Waals surface area contributed by atoms with Crippen LogP contribution in [0.1, 0.15) is 17.2 Å². The van der Waals surface area contributed by atoms with Gasteiger partial charge in [0.1, 0.15) is 17.4 Å². The molecule has 2 N–H and O–H groups in total. The molecule has 0 aliphatic rings. The summed E-state index contributed by atoms with van der Waals surface area (Å²) in [7, 11) is 1.57. The predicted octanol–water partition coefficient (Wildman–Crippen LogP) is 3.98. The summed E-state index contributed by atoms with van der Waals surface area (Å²) in [6.45, 7) is 0. The van der Waals surface area contributed by atoms with Gasteiger partial charge in [-0.15, -0.1) is 0 Å². The molecule has 0 aromatic heterocycles. The van der Waals surface area contributed by atoms with Gasteiger partial charge in [-0.25, -0.2) is 8.78 Å². The van der Waals surface area contributed by atoms with Gasteiger partial charge in [0.25, 0.3) is 0 Å². The lowest BCUT2D eigenvalue weighted by molar-refractivity contribution is 0.412. The first kappa shape index (κ1) is 14.9. The summed E-state index contributed by atoms with van der Waals surface area (Å²) < 4.78 is 33.2. The molecule has 2 aromatic rings. The van der Waals surface area contributed by atoms with Crippen molar-refractivity contribution in [3.8, 4) is 5.75 Å². The van der Waals surface area contributed by atoms with Gasteiger partial charge in [-0.05, 0) is 52.2 Å². The maximum absolute atomic E-state index is 13.7. The topological polar surface area (TPSA) is 35.2 Å². The Morgan fingerprint density at radius 3 is 2.40 bits per heavy atom. The molecule has 0 amide bonds. The Hall–Kier alpha value is -1.46. The van der Waals surface area contributed by atoms with E-state index in [4.69, 9.17) is 10.5 Å². The van der Waals surface area contributed by atoms with E-state index in [1.165, 1.54) is 18.2 Å². The normalized spacial score (nSPS) is 12.2. The Labute approximate surface area is 124 Å². The van der Waals surface area contributed by atoms with Crippen LogP contribution in [-0.2, 0) is 6.42 Å². The minimum Gasteiger partial charge on any atom is -0.496 e. The molecule has 0 fully saturated rings. The summed E-state index contributed by atoms with van der Waals surface area (Å²) in [5.41, 5.74) is 6.71. The van der Waals surface area contributed by atoms with Crippen molar-refractivity contribution in [1.82, 2.24) is 0 Å². The van der Waals surface area contributed by atoms with Gasteiger partial charge in [-0.1, -0.05) is 12.1 Å². The van der Waals surface area contributed by atoms with E-state index in [1.807, 2.05) is 12.1 Å². The summed E-state index contributed by atoms with van der Waals surface area (Å²) in [6, 6.07) is 8.44. The van der Waals surface area contributed by atoms with Gasteiger partial charge in [0.15, 0.2) is 0 Å². The van der Waals surface area contributed by atoms with Crippen molar-refractivity contribution in [2.75, 3.05) is 7.11 Å². The van der Waals surface area contributed by atoms with Crippen molar-refractivity contribution in [3.63, 3.8) is 0 Å². The predicted molar refractivity (Wildman–Crippen MR) is 77.7 cm³/mol. The number of nitrogens with two attached hydrogens (primary N) is 1. The lowest BCUT2D eigenvalue weighted by Gasteiger charge is -2.14. The summed E-state index contributed by atoms with van der Waals surface area (Å²) in [6.07, 6.45) is 0.334. The fourth-order valence-electron chi connectivity index (χ4n) is 2.06. The molecule has 0 saturated carbocycles. The molecule has 0 saturated heterocycles. The van der Waals surface area contributed by atoms with Gasteiger partial charge in [-0.2, -0.15) is 0 Å². The minimum atomic E-state index is -0.739. The van der Waals surface area contributed by atoms with Gasteiger partial charge < -0.3 is 10.5 Å². The van der Waals surface area contributed by atoms with Gasteiger partial charge in [-0.3, -0.25) is 0 Å². The first-order valence-corrected chi connectivity index (χ1v) is 6.84. The van der Waals surface area contributed by atoms with E-state index in [2.05, 4.69) is 15.9 Å². The number of hydrogen-bond acceptors (Lipinski definition) is 2. The fourth-order valence-corrected chi connectivity index (χ4v) is 2.65.